The number of ketones is 1. The van der Waals surface area contributed by atoms with Crippen molar-refractivity contribution in [1.29, 1.82) is 5.41 Å². The first-order valence-corrected chi connectivity index (χ1v) is 11.3. The summed E-state index contributed by atoms with van der Waals surface area (Å²) in [4.78, 5) is 26.1. The summed E-state index contributed by atoms with van der Waals surface area (Å²) >= 11 is 0. The van der Waals surface area contributed by atoms with Crippen molar-refractivity contribution in [2.75, 3.05) is 0 Å². The minimum absolute atomic E-state index is 0.106. The summed E-state index contributed by atoms with van der Waals surface area (Å²) in [5.41, 5.74) is -1.91. The predicted molar refractivity (Wildman–Crippen MR) is 125 cm³/mol. The first-order chi connectivity index (χ1) is 16.7. The van der Waals surface area contributed by atoms with Gasteiger partial charge in [-0.25, -0.2) is 13.6 Å². The molecule has 6 nitrogen and oxygen atoms in total. The van der Waals surface area contributed by atoms with E-state index in [0.717, 1.165) is 12.1 Å². The number of Topliss-reactive ketones (excluding diaryl/α,β-unsaturated/α-hetero) is 1. The topological polar surface area (TPSA) is 90.7 Å². The second-order valence-corrected chi connectivity index (χ2v) is 10.9. The van der Waals surface area contributed by atoms with Gasteiger partial charge in [-0.1, -0.05) is 41.5 Å². The minimum atomic E-state index is -5.48. The number of aromatic hydroxyl groups is 1. The van der Waals surface area contributed by atoms with Crippen molar-refractivity contribution < 1.29 is 41.4 Å². The number of hydrogen-bond donors (Lipinski definition) is 2. The summed E-state index contributed by atoms with van der Waals surface area (Å²) in [6.07, 6.45) is -7.84. The summed E-state index contributed by atoms with van der Waals surface area (Å²) in [7, 11) is 0. The molecule has 3 rings (SSSR count). The van der Waals surface area contributed by atoms with Crippen LogP contribution >= 0.6 is 0 Å². The number of benzene rings is 2. The number of rotatable bonds is 4. The third kappa shape index (κ3) is 5.30. The summed E-state index contributed by atoms with van der Waals surface area (Å²) in [5, 5.41) is 19.2. The molecule has 1 aliphatic heterocycles. The molecule has 0 bridgehead atoms. The Balaban J connectivity index is 2.20. The smallest absolute Gasteiger partial charge is 0.491 e. The number of hydrogen-bond acceptors (Lipinski definition) is 5. The molecule has 2 N–H and O–H groups in total. The standard InChI is InChI=1S/C26H27F5N2O4/c1-24(2,3)14-9-12(10-15(20(14)35)25(4,5)6)19(34)22(37-23(36)26(29,30)31)33-11-13-16(27)7-8-17(28)18(13)21(33)32/h7-10,22,32,35H,11H2,1-6H3. The number of fused-ring (bicyclic) bond motifs is 1. The van der Waals surface area contributed by atoms with Crippen LogP contribution in [0.5, 0.6) is 5.75 Å². The van der Waals surface area contributed by atoms with Crippen LogP contribution in [0.3, 0.4) is 0 Å². The number of phenolic OH excluding ortho intramolecular Hbond substituents is 1. The van der Waals surface area contributed by atoms with E-state index < -0.39 is 64.6 Å². The number of carbonyl (C=O) groups is 2. The van der Waals surface area contributed by atoms with Gasteiger partial charge in [-0.2, -0.15) is 13.2 Å². The van der Waals surface area contributed by atoms with Crippen LogP contribution in [0, 0.1) is 17.0 Å². The lowest BCUT2D eigenvalue weighted by molar-refractivity contribution is -0.207. The zero-order valence-corrected chi connectivity index (χ0v) is 21.1. The predicted octanol–water partition coefficient (Wildman–Crippen LogP) is 5.72. The number of phenols is 1. The van der Waals surface area contributed by atoms with Crippen LogP contribution < -0.4 is 0 Å². The average Bonchev–Trinajstić information content (AvgIpc) is 3.10. The molecule has 0 fully saturated rings. The van der Waals surface area contributed by atoms with E-state index in [9.17, 15) is 36.6 Å². The molecule has 0 radical (unpaired) electrons. The van der Waals surface area contributed by atoms with Gasteiger partial charge in [0.1, 0.15) is 23.2 Å². The lowest BCUT2D eigenvalue weighted by Crippen LogP contribution is -2.47. The van der Waals surface area contributed by atoms with E-state index in [2.05, 4.69) is 4.74 Å². The zero-order valence-electron chi connectivity index (χ0n) is 21.1. The highest BCUT2D eigenvalue weighted by Gasteiger charge is 2.47. The van der Waals surface area contributed by atoms with Crippen LogP contribution in [0.4, 0.5) is 22.0 Å². The Morgan fingerprint density at radius 2 is 1.46 bits per heavy atom. The summed E-state index contributed by atoms with van der Waals surface area (Å²) < 4.78 is 72.7. The van der Waals surface area contributed by atoms with E-state index in [1.807, 2.05) is 0 Å². The molecule has 0 saturated heterocycles. The number of alkyl halides is 3. The lowest BCUT2D eigenvalue weighted by atomic mass is 9.78. The van der Waals surface area contributed by atoms with Gasteiger partial charge in [-0.15, -0.1) is 0 Å². The molecule has 37 heavy (non-hydrogen) atoms. The number of nitrogens with one attached hydrogen (secondary N) is 1. The van der Waals surface area contributed by atoms with Crippen molar-refractivity contribution in [2.45, 2.75) is 71.3 Å². The molecule has 0 amide bonds. The van der Waals surface area contributed by atoms with Crippen LogP contribution in [0.1, 0.15) is 74.2 Å². The second-order valence-electron chi connectivity index (χ2n) is 10.9. The maximum Gasteiger partial charge on any atom is 0.491 e. The Morgan fingerprint density at radius 3 is 1.89 bits per heavy atom. The van der Waals surface area contributed by atoms with Crippen molar-refractivity contribution in [3.8, 4) is 5.75 Å². The molecule has 2 aromatic rings. The van der Waals surface area contributed by atoms with Crippen molar-refractivity contribution in [3.63, 3.8) is 0 Å². The van der Waals surface area contributed by atoms with Crippen LogP contribution in [0.15, 0.2) is 24.3 Å². The number of carbonyl (C=O) groups excluding carboxylic acids is 2. The molecule has 1 aliphatic rings. The molecule has 11 heteroatoms. The second kappa shape index (κ2) is 9.11. The van der Waals surface area contributed by atoms with Gasteiger partial charge in [0.2, 0.25) is 12.0 Å². The van der Waals surface area contributed by atoms with Crippen LogP contribution in [-0.2, 0) is 26.9 Å². The third-order valence-corrected chi connectivity index (χ3v) is 6.03. The number of halogens is 5. The van der Waals surface area contributed by atoms with Crippen molar-refractivity contribution in [2.24, 2.45) is 0 Å². The van der Waals surface area contributed by atoms with E-state index in [1.165, 1.54) is 12.1 Å². The number of ether oxygens (including phenoxy) is 1. The molecular weight excluding hydrogens is 499 g/mol. The Kier molecular flexibility index (Phi) is 6.91. The van der Waals surface area contributed by atoms with Gasteiger partial charge in [-0.05, 0) is 35.1 Å². The zero-order chi connectivity index (χ0) is 28.2. The van der Waals surface area contributed by atoms with Crippen LogP contribution in [0.2, 0.25) is 0 Å². The highest BCUT2D eigenvalue weighted by atomic mass is 19.4. The molecular formula is C26H27F5N2O4. The highest BCUT2D eigenvalue weighted by molar-refractivity contribution is 6.07. The first kappa shape index (κ1) is 28.1. The molecule has 1 heterocycles. The summed E-state index contributed by atoms with van der Waals surface area (Å²) in [6, 6.07) is 4.08. The minimum Gasteiger partial charge on any atom is -0.507 e. The van der Waals surface area contributed by atoms with Gasteiger partial charge in [0.15, 0.2) is 0 Å². The highest BCUT2D eigenvalue weighted by Crippen LogP contribution is 2.40. The van der Waals surface area contributed by atoms with Gasteiger partial charge in [-0.3, -0.25) is 10.2 Å². The van der Waals surface area contributed by atoms with Crippen molar-refractivity contribution in [3.05, 3.63) is 63.7 Å². The van der Waals surface area contributed by atoms with Gasteiger partial charge < -0.3 is 14.7 Å². The van der Waals surface area contributed by atoms with Gasteiger partial charge in [0.25, 0.3) is 0 Å². The summed E-state index contributed by atoms with van der Waals surface area (Å²) in [5.74, 6) is -6.75. The van der Waals surface area contributed by atoms with E-state index in [0.29, 0.717) is 16.0 Å². The Labute approximate surface area is 210 Å². The SMILES string of the molecule is CC(C)(C)c1cc(C(=O)C(OC(=O)C(F)(F)F)N2Cc3c(F)ccc(F)c3C2=N)cc(C(C)(C)C)c1O. The molecule has 0 aromatic heterocycles. The van der Waals surface area contributed by atoms with Crippen LogP contribution in [0.25, 0.3) is 0 Å². The molecule has 1 unspecified atom stereocenters. The summed E-state index contributed by atoms with van der Waals surface area (Å²) in [6.45, 7) is 9.83. The first-order valence-electron chi connectivity index (χ1n) is 11.3. The molecule has 0 spiro atoms. The van der Waals surface area contributed by atoms with E-state index in [4.69, 9.17) is 5.41 Å². The lowest BCUT2D eigenvalue weighted by Gasteiger charge is -2.31. The van der Waals surface area contributed by atoms with E-state index in [-0.39, 0.29) is 16.9 Å². The Bertz CT molecular complexity index is 1250. The monoisotopic (exact) mass is 526 g/mol. The van der Waals surface area contributed by atoms with Gasteiger partial charge in [0.05, 0.1) is 12.1 Å². The largest absolute Gasteiger partial charge is 0.507 e. The average molecular weight is 527 g/mol. The number of nitrogens with zero attached hydrogens (tertiary/aromatic N) is 1. The van der Waals surface area contributed by atoms with E-state index in [1.54, 1.807) is 41.5 Å². The van der Waals surface area contributed by atoms with Gasteiger partial charge in [0, 0.05) is 22.3 Å². The molecule has 200 valence electrons. The molecule has 0 aliphatic carbocycles. The van der Waals surface area contributed by atoms with Crippen molar-refractivity contribution >= 4 is 17.6 Å². The Hall–Kier alpha value is -3.50. The van der Waals surface area contributed by atoms with Crippen molar-refractivity contribution in [1.82, 2.24) is 4.90 Å². The van der Waals surface area contributed by atoms with Gasteiger partial charge >= 0.3 is 12.1 Å². The fourth-order valence-corrected chi connectivity index (χ4v) is 4.09. The fraction of sp³-hybridized carbons (Fsp3) is 0.423. The fourth-order valence-electron chi connectivity index (χ4n) is 4.09. The molecule has 0 saturated carbocycles. The maximum atomic E-state index is 14.4. The third-order valence-electron chi connectivity index (χ3n) is 6.03. The molecule has 1 atom stereocenters. The number of esters is 1. The number of amidine groups is 1. The maximum absolute atomic E-state index is 14.4. The normalized spacial score (nSPS) is 15.0. The Morgan fingerprint density at radius 1 is 0.973 bits per heavy atom. The molecule has 2 aromatic carbocycles. The quantitative estimate of drug-likeness (QED) is 0.302. The van der Waals surface area contributed by atoms with Crippen LogP contribution in [-0.4, -0.2) is 40.0 Å². The van der Waals surface area contributed by atoms with E-state index >= 15 is 0 Å².